The molecule has 0 saturated heterocycles. The summed E-state index contributed by atoms with van der Waals surface area (Å²) in [5.41, 5.74) is 2.96. The van der Waals surface area contributed by atoms with E-state index in [2.05, 4.69) is 0 Å². The number of carbonyl (C=O) groups excluding carboxylic acids is 1. The molecule has 2 aromatic carbocycles. The van der Waals surface area contributed by atoms with Gasteiger partial charge in [0.05, 0.1) is 100 Å². The molecule has 14 heteroatoms. The number of carboxylic acids is 1. The van der Waals surface area contributed by atoms with Crippen LogP contribution in [-0.4, -0.2) is 64.3 Å². The fraction of sp³-hybridized carbons (Fsp3) is 0.333. The van der Waals surface area contributed by atoms with Gasteiger partial charge in [-0.1, -0.05) is 12.1 Å². The smallest absolute Gasteiger partial charge is 0.310 e. The zero-order chi connectivity index (χ0) is 40.3. The molecule has 0 aliphatic rings. The van der Waals surface area contributed by atoms with Crippen LogP contribution in [0.5, 0.6) is 34.5 Å². The Balaban J connectivity index is 1.55. The minimum atomic E-state index is -0.953. The van der Waals surface area contributed by atoms with Gasteiger partial charge in [-0.05, 0) is 82.1 Å². The van der Waals surface area contributed by atoms with Crippen molar-refractivity contribution in [1.29, 1.82) is 0 Å². The van der Waals surface area contributed by atoms with E-state index in [1.54, 1.807) is 35.4 Å². The molecule has 0 fully saturated rings. The number of carboxylic acid groups (broad SMARTS) is 1. The second-order valence-electron chi connectivity index (χ2n) is 13.1. The number of carbonyl (C=O) groups is 2. The van der Waals surface area contributed by atoms with E-state index in [1.807, 2.05) is 76.2 Å². The Bertz CT molecular complexity index is 2360. The maximum atomic E-state index is 13.0. The fourth-order valence-electron chi connectivity index (χ4n) is 6.40. The third kappa shape index (κ3) is 8.20. The first-order valence-electron chi connectivity index (χ1n) is 17.9. The summed E-state index contributed by atoms with van der Waals surface area (Å²) < 4.78 is 43.4. The summed E-state index contributed by atoms with van der Waals surface area (Å²) in [4.78, 5) is 30.2. The standard InChI is InChI=1S/C42H44O10S4/c1-10-50-32(45)20-24-18-30(34-26(47-7)14-12-16-28(34)52-22(4)5)54-38(24)40-36(49-9)42-41(56-40)35(48-8)39(55-42)37-23(19-31(43)44)17-29(53-37)33-25(46-6)13-11-15-27(33)51-21(2)3/h11-18,21-22H,10,19-20H2,1-9H3,(H,43,44). The molecule has 0 bridgehead atoms. The van der Waals surface area contributed by atoms with Crippen molar-refractivity contribution >= 4 is 66.7 Å². The van der Waals surface area contributed by atoms with Gasteiger partial charge in [-0.15, -0.1) is 45.3 Å². The molecule has 0 spiro atoms. The fourth-order valence-corrected chi connectivity index (χ4v) is 12.0. The summed E-state index contributed by atoms with van der Waals surface area (Å²) in [5, 5.41) is 10.0. The Morgan fingerprint density at radius 2 is 1.04 bits per heavy atom. The molecule has 1 N–H and O–H groups in total. The van der Waals surface area contributed by atoms with Gasteiger partial charge >= 0.3 is 11.9 Å². The molecule has 0 saturated carbocycles. The molecule has 0 unspecified atom stereocenters. The summed E-state index contributed by atoms with van der Waals surface area (Å²) >= 11 is 5.96. The van der Waals surface area contributed by atoms with Crippen molar-refractivity contribution < 1.29 is 47.9 Å². The van der Waals surface area contributed by atoms with Gasteiger partial charge in [0.25, 0.3) is 0 Å². The highest BCUT2D eigenvalue weighted by Crippen LogP contribution is 2.60. The van der Waals surface area contributed by atoms with Crippen LogP contribution in [0, 0.1) is 0 Å². The minimum absolute atomic E-state index is 0.0499. The maximum absolute atomic E-state index is 13.0. The molecule has 6 rings (SSSR count). The Labute approximate surface area is 342 Å². The van der Waals surface area contributed by atoms with Crippen molar-refractivity contribution in [3.63, 3.8) is 0 Å². The highest BCUT2D eigenvalue weighted by molar-refractivity contribution is 7.35. The quantitative estimate of drug-likeness (QED) is 0.0889. The summed E-state index contributed by atoms with van der Waals surface area (Å²) in [6.07, 6.45) is -0.314. The third-order valence-corrected chi connectivity index (χ3v) is 13.7. The van der Waals surface area contributed by atoms with Crippen LogP contribution in [0.15, 0.2) is 48.5 Å². The predicted octanol–water partition coefficient (Wildman–Crippen LogP) is 11.1. The van der Waals surface area contributed by atoms with E-state index in [0.717, 1.165) is 55.4 Å². The molecular weight excluding hydrogens is 793 g/mol. The van der Waals surface area contributed by atoms with Crippen LogP contribution in [0.2, 0.25) is 0 Å². The Morgan fingerprint density at radius 3 is 1.41 bits per heavy atom. The van der Waals surface area contributed by atoms with Gasteiger partial charge in [0, 0.05) is 9.75 Å². The molecule has 0 amide bonds. The monoisotopic (exact) mass is 836 g/mol. The van der Waals surface area contributed by atoms with Crippen LogP contribution in [-0.2, 0) is 27.2 Å². The number of fused-ring (bicyclic) bond motifs is 1. The van der Waals surface area contributed by atoms with Crippen LogP contribution in [0.4, 0.5) is 0 Å². The van der Waals surface area contributed by atoms with Crippen LogP contribution in [0.25, 0.3) is 49.8 Å². The Kier molecular flexibility index (Phi) is 12.8. The highest BCUT2D eigenvalue weighted by atomic mass is 32.1. The van der Waals surface area contributed by atoms with E-state index < -0.39 is 5.97 Å². The lowest BCUT2D eigenvalue weighted by Crippen LogP contribution is -2.07. The predicted molar refractivity (Wildman–Crippen MR) is 227 cm³/mol. The van der Waals surface area contributed by atoms with Gasteiger partial charge in [0.15, 0.2) is 11.5 Å². The number of benzene rings is 2. The van der Waals surface area contributed by atoms with E-state index in [9.17, 15) is 14.7 Å². The summed E-state index contributed by atoms with van der Waals surface area (Å²) in [6, 6.07) is 15.2. The number of hydrogen-bond donors (Lipinski definition) is 1. The average molecular weight is 837 g/mol. The largest absolute Gasteiger partial charge is 0.496 e. The van der Waals surface area contributed by atoms with Crippen molar-refractivity contribution in [2.45, 2.75) is 59.7 Å². The first-order valence-corrected chi connectivity index (χ1v) is 21.2. The first-order chi connectivity index (χ1) is 26.9. The van der Waals surface area contributed by atoms with E-state index in [1.165, 1.54) is 45.3 Å². The lowest BCUT2D eigenvalue weighted by Gasteiger charge is -2.16. The van der Waals surface area contributed by atoms with Crippen molar-refractivity contribution in [1.82, 2.24) is 0 Å². The molecule has 4 heterocycles. The lowest BCUT2D eigenvalue weighted by atomic mass is 10.1. The number of esters is 1. The number of rotatable bonds is 17. The van der Waals surface area contributed by atoms with Crippen LogP contribution >= 0.6 is 45.3 Å². The molecule has 0 aliphatic heterocycles. The van der Waals surface area contributed by atoms with Crippen molar-refractivity contribution in [3.05, 3.63) is 59.7 Å². The van der Waals surface area contributed by atoms with Crippen LogP contribution in [0.3, 0.4) is 0 Å². The van der Waals surface area contributed by atoms with E-state index in [0.29, 0.717) is 40.1 Å². The topological polar surface area (TPSA) is 119 Å². The van der Waals surface area contributed by atoms with Gasteiger partial charge in [-0.3, -0.25) is 9.59 Å². The Morgan fingerprint density at radius 1 is 0.607 bits per heavy atom. The molecule has 10 nitrogen and oxygen atoms in total. The number of thiophene rings is 4. The van der Waals surface area contributed by atoms with Gasteiger partial charge < -0.3 is 38.3 Å². The molecule has 6 aromatic rings. The Hall–Kier alpha value is -4.76. The summed E-state index contributed by atoms with van der Waals surface area (Å²) in [7, 11) is 6.47. The number of hydrogen-bond acceptors (Lipinski definition) is 13. The minimum Gasteiger partial charge on any atom is -0.496 e. The molecule has 0 aliphatic carbocycles. The van der Waals surface area contributed by atoms with Crippen LogP contribution in [0.1, 0.15) is 45.7 Å². The van der Waals surface area contributed by atoms with Gasteiger partial charge in [-0.2, -0.15) is 0 Å². The summed E-state index contributed by atoms with van der Waals surface area (Å²) in [6.45, 7) is 9.90. The number of ether oxygens (including phenoxy) is 7. The number of methoxy groups -OCH3 is 4. The third-order valence-electron chi connectivity index (χ3n) is 8.49. The van der Waals surface area contributed by atoms with E-state index in [-0.39, 0.29) is 37.6 Å². The van der Waals surface area contributed by atoms with E-state index >= 15 is 0 Å². The average Bonchev–Trinajstić information content (AvgIpc) is 3.92. The molecule has 0 atom stereocenters. The summed E-state index contributed by atoms with van der Waals surface area (Å²) in [5.74, 6) is 2.52. The molecule has 56 heavy (non-hydrogen) atoms. The van der Waals surface area contributed by atoms with Gasteiger partial charge in [-0.25, -0.2) is 0 Å². The van der Waals surface area contributed by atoms with Crippen molar-refractivity contribution in [2.75, 3.05) is 35.0 Å². The van der Waals surface area contributed by atoms with Crippen LogP contribution < -0.4 is 28.4 Å². The molecular formula is C42H44O10S4. The van der Waals surface area contributed by atoms with E-state index in [4.69, 9.17) is 33.2 Å². The SMILES string of the molecule is CCOC(=O)Cc1cc(-c2c(OC)cccc2OC(C)C)sc1-c1sc2c(OC)c(-c3sc(-c4c(OC)cccc4OC(C)C)cc3CC(=O)O)sc2c1OC. The normalized spacial score (nSPS) is 11.3. The molecule has 0 radical (unpaired) electrons. The lowest BCUT2D eigenvalue weighted by molar-refractivity contribution is -0.142. The maximum Gasteiger partial charge on any atom is 0.310 e. The zero-order valence-corrected chi connectivity index (χ0v) is 35.9. The second kappa shape index (κ2) is 17.6. The van der Waals surface area contributed by atoms with Gasteiger partial charge in [0.1, 0.15) is 23.0 Å². The highest BCUT2D eigenvalue weighted by Gasteiger charge is 2.31. The number of aliphatic carboxylic acids is 1. The van der Waals surface area contributed by atoms with Crippen molar-refractivity contribution in [2.24, 2.45) is 0 Å². The van der Waals surface area contributed by atoms with Gasteiger partial charge in [0.2, 0.25) is 0 Å². The first kappa shape index (κ1) is 40.9. The second-order valence-corrected chi connectivity index (χ2v) is 17.2. The molecule has 296 valence electrons. The zero-order valence-electron chi connectivity index (χ0n) is 32.6. The molecule has 4 aromatic heterocycles. The van der Waals surface area contributed by atoms with Crippen molar-refractivity contribution in [3.8, 4) is 74.9 Å².